The van der Waals surface area contributed by atoms with E-state index >= 15 is 0 Å². The summed E-state index contributed by atoms with van der Waals surface area (Å²) in [6.45, 7) is 0. The van der Waals surface area contributed by atoms with Crippen LogP contribution in [-0.2, 0) is 0 Å². The molecule has 1 radical (unpaired) electrons. The van der Waals surface area contributed by atoms with Crippen LogP contribution in [0.1, 0.15) is 11.1 Å². The number of rotatable bonds is 0. The first-order valence-corrected chi connectivity index (χ1v) is 2.55. The Morgan fingerprint density at radius 2 is 2.20 bits per heavy atom. The molecule has 0 spiro atoms. The molecule has 1 heterocycles. The normalized spacial score (nSPS) is 7.80. The third-order valence-corrected chi connectivity index (χ3v) is 0.994. The molecule has 10 heavy (non-hydrogen) atoms. The predicted molar refractivity (Wildman–Crippen MR) is 32.5 cm³/mol. The lowest BCUT2D eigenvalue weighted by Crippen LogP contribution is -1.83. The van der Waals surface area contributed by atoms with Crippen molar-refractivity contribution in [2.45, 2.75) is 0 Å². The highest BCUT2D eigenvalue weighted by Crippen LogP contribution is 2.00. The van der Waals surface area contributed by atoms with E-state index in [1.807, 2.05) is 6.07 Å². The summed E-state index contributed by atoms with van der Waals surface area (Å²) in [5.41, 5.74) is 0.516. The molecule has 0 aliphatic heterocycles. The zero-order valence-electron chi connectivity index (χ0n) is 5.00. The topological polar surface area (TPSA) is 60.5 Å². The van der Waals surface area contributed by atoms with Crippen LogP contribution in [0.2, 0.25) is 0 Å². The average molecular weight is 128 g/mol. The number of nitriles is 2. The lowest BCUT2D eigenvalue weighted by atomic mass is 10.2. The second-order valence-electron chi connectivity index (χ2n) is 1.57. The second-order valence-corrected chi connectivity index (χ2v) is 1.57. The zero-order valence-corrected chi connectivity index (χ0v) is 5.00. The van der Waals surface area contributed by atoms with Crippen LogP contribution in [-0.4, -0.2) is 4.98 Å². The van der Waals surface area contributed by atoms with Gasteiger partial charge in [0.15, 0.2) is 0 Å². The number of pyridine rings is 1. The molecule has 0 aromatic carbocycles. The Morgan fingerprint density at radius 3 is 2.70 bits per heavy atom. The van der Waals surface area contributed by atoms with Crippen molar-refractivity contribution in [3.05, 3.63) is 29.6 Å². The fourth-order valence-corrected chi connectivity index (χ4v) is 0.536. The molecule has 0 aliphatic carbocycles. The second kappa shape index (κ2) is 2.61. The maximum absolute atomic E-state index is 8.40. The first kappa shape index (κ1) is 6.25. The van der Waals surface area contributed by atoms with Crippen LogP contribution in [0, 0.1) is 28.9 Å². The van der Waals surface area contributed by atoms with Crippen molar-refractivity contribution in [2.75, 3.05) is 0 Å². The third-order valence-electron chi connectivity index (χ3n) is 0.994. The van der Waals surface area contributed by atoms with Crippen molar-refractivity contribution in [1.29, 1.82) is 10.5 Å². The van der Waals surface area contributed by atoms with Gasteiger partial charge in [-0.1, -0.05) is 0 Å². The van der Waals surface area contributed by atoms with Crippen LogP contribution in [0.4, 0.5) is 0 Å². The van der Waals surface area contributed by atoms with E-state index in [-0.39, 0.29) is 5.56 Å². The minimum absolute atomic E-state index is 0.199. The van der Waals surface area contributed by atoms with Gasteiger partial charge >= 0.3 is 0 Å². The summed E-state index contributed by atoms with van der Waals surface area (Å²) < 4.78 is 0. The summed E-state index contributed by atoms with van der Waals surface area (Å²) in [5, 5.41) is 16.8. The van der Waals surface area contributed by atoms with Crippen LogP contribution in [0.5, 0.6) is 0 Å². The van der Waals surface area contributed by atoms with Crippen LogP contribution in [0.3, 0.4) is 0 Å². The molecule has 1 aromatic rings. The fraction of sp³-hybridized carbons (Fsp3) is 0. The zero-order chi connectivity index (χ0) is 7.40. The first-order valence-electron chi connectivity index (χ1n) is 2.55. The number of nitrogens with zero attached hydrogens (tertiary/aromatic N) is 3. The van der Waals surface area contributed by atoms with Crippen molar-refractivity contribution in [2.24, 2.45) is 0 Å². The summed E-state index contributed by atoms with van der Waals surface area (Å²) in [6, 6.07) is 5.14. The van der Waals surface area contributed by atoms with Gasteiger partial charge in [-0.05, 0) is 6.07 Å². The molecule has 3 nitrogen and oxygen atoms in total. The molecule has 0 atom stereocenters. The van der Waals surface area contributed by atoms with Crippen molar-refractivity contribution in [3.8, 4) is 12.1 Å². The van der Waals surface area contributed by atoms with Gasteiger partial charge in [-0.2, -0.15) is 10.5 Å². The summed E-state index contributed by atoms with van der Waals surface area (Å²) in [5.74, 6) is 0. The van der Waals surface area contributed by atoms with E-state index in [4.69, 9.17) is 10.5 Å². The molecule has 0 fully saturated rings. The molecule has 0 saturated heterocycles. The van der Waals surface area contributed by atoms with Gasteiger partial charge in [-0.3, -0.25) is 4.98 Å². The predicted octanol–water partition coefficient (Wildman–Crippen LogP) is 0.625. The van der Waals surface area contributed by atoms with Crippen molar-refractivity contribution < 1.29 is 0 Å². The molecule has 0 saturated carbocycles. The van der Waals surface area contributed by atoms with Gasteiger partial charge in [-0.25, -0.2) is 0 Å². The van der Waals surface area contributed by atoms with Crippen LogP contribution in [0.25, 0.3) is 0 Å². The molecular weight excluding hydrogens is 126 g/mol. The van der Waals surface area contributed by atoms with E-state index in [1.165, 1.54) is 12.3 Å². The molecule has 1 rings (SSSR count). The number of hydrogen-bond acceptors (Lipinski definition) is 3. The van der Waals surface area contributed by atoms with E-state index in [2.05, 4.69) is 11.2 Å². The van der Waals surface area contributed by atoms with E-state index in [1.54, 1.807) is 6.07 Å². The highest BCUT2D eigenvalue weighted by atomic mass is 14.6. The number of hydrogen-bond donors (Lipinski definition) is 0. The standard InChI is InChI=1S/C7H2N3/c8-3-6-1-2-10-5-7(6)4-9/h1-2H. The Labute approximate surface area is 58.2 Å². The molecule has 3 heteroatoms. The fourth-order valence-electron chi connectivity index (χ4n) is 0.536. The molecule has 0 aliphatic rings. The molecule has 45 valence electrons. The molecule has 0 unspecified atom stereocenters. The Balaban J connectivity index is 3.28. The Morgan fingerprint density at radius 1 is 1.40 bits per heavy atom. The van der Waals surface area contributed by atoms with Gasteiger partial charge in [0.05, 0.1) is 11.1 Å². The van der Waals surface area contributed by atoms with Crippen molar-refractivity contribution >= 4 is 0 Å². The highest BCUT2D eigenvalue weighted by Gasteiger charge is 1.97. The number of aromatic nitrogens is 1. The van der Waals surface area contributed by atoms with Gasteiger partial charge < -0.3 is 0 Å². The first-order chi connectivity index (χ1) is 4.88. The average Bonchev–Trinajstić information content (AvgIpc) is 2.04. The van der Waals surface area contributed by atoms with Crippen molar-refractivity contribution in [3.63, 3.8) is 0 Å². The van der Waals surface area contributed by atoms with Crippen molar-refractivity contribution in [1.82, 2.24) is 4.98 Å². The smallest absolute Gasteiger partial charge is 0.109 e. The summed E-state index contributed by atoms with van der Waals surface area (Å²) >= 11 is 0. The van der Waals surface area contributed by atoms with E-state index in [0.717, 1.165) is 0 Å². The summed E-state index contributed by atoms with van der Waals surface area (Å²) in [4.78, 5) is 3.57. The SMILES string of the molecule is N#Cc1[c]nccc1C#N. The lowest BCUT2D eigenvalue weighted by Gasteiger charge is -1.86. The molecule has 0 bridgehead atoms. The summed E-state index contributed by atoms with van der Waals surface area (Å²) in [6.07, 6.45) is 3.83. The Kier molecular flexibility index (Phi) is 1.63. The highest BCUT2D eigenvalue weighted by molar-refractivity contribution is 5.42. The van der Waals surface area contributed by atoms with Gasteiger partial charge in [0.25, 0.3) is 0 Å². The Hall–Kier alpha value is -1.87. The van der Waals surface area contributed by atoms with Crippen LogP contribution >= 0.6 is 0 Å². The minimum atomic E-state index is 0.199. The van der Waals surface area contributed by atoms with Gasteiger partial charge in [0, 0.05) is 6.20 Å². The maximum atomic E-state index is 8.40. The molecule has 0 amide bonds. The third kappa shape index (κ3) is 0.936. The van der Waals surface area contributed by atoms with E-state index in [0.29, 0.717) is 5.56 Å². The maximum Gasteiger partial charge on any atom is 0.109 e. The summed E-state index contributed by atoms with van der Waals surface area (Å²) in [7, 11) is 0. The van der Waals surface area contributed by atoms with Gasteiger partial charge in [-0.15, -0.1) is 0 Å². The van der Waals surface area contributed by atoms with Gasteiger partial charge in [0.1, 0.15) is 18.3 Å². The molecule has 0 N–H and O–H groups in total. The van der Waals surface area contributed by atoms with Gasteiger partial charge in [0.2, 0.25) is 0 Å². The van der Waals surface area contributed by atoms with E-state index in [9.17, 15) is 0 Å². The monoisotopic (exact) mass is 128 g/mol. The van der Waals surface area contributed by atoms with E-state index < -0.39 is 0 Å². The largest absolute Gasteiger partial charge is 0.253 e. The van der Waals surface area contributed by atoms with Crippen LogP contribution < -0.4 is 0 Å². The molecular formula is C7H2N3. The van der Waals surface area contributed by atoms with Crippen LogP contribution in [0.15, 0.2) is 12.3 Å². The minimum Gasteiger partial charge on any atom is -0.253 e. The molecule has 1 aromatic heterocycles. The quantitative estimate of drug-likeness (QED) is 0.514. The Bertz CT molecular complexity index is 283. The lowest BCUT2D eigenvalue weighted by molar-refractivity contribution is 1.27.